The smallest absolute Gasteiger partial charge is 0.0483 e. The Kier molecular flexibility index (Phi) is 4.50. The number of rotatable bonds is 5. The maximum absolute atomic E-state index is 4.25. The molecule has 1 unspecified atom stereocenters. The van der Waals surface area contributed by atoms with Crippen molar-refractivity contribution in [3.8, 4) is 0 Å². The number of hydrogen-bond donors (Lipinski definition) is 0. The molecule has 0 N–H and O–H groups in total. The van der Waals surface area contributed by atoms with Crippen molar-refractivity contribution in [2.24, 2.45) is 0 Å². The average molecular weight is 342 g/mol. The lowest BCUT2D eigenvalue weighted by Crippen LogP contribution is -2.03. The maximum atomic E-state index is 4.25. The average Bonchev–Trinajstić information content (AvgIpc) is 3.08. The number of benzene rings is 2. The van der Waals surface area contributed by atoms with Gasteiger partial charge in [0.1, 0.15) is 0 Å². The Labute approximate surface area is 155 Å². The molecule has 2 nitrogen and oxygen atoms in total. The van der Waals surface area contributed by atoms with E-state index in [9.17, 15) is 0 Å². The Hall–Kier alpha value is -2.61. The van der Waals surface area contributed by atoms with Crippen molar-refractivity contribution in [3.05, 3.63) is 78.2 Å². The molecule has 0 aliphatic carbocycles. The molecule has 0 saturated heterocycles. The maximum Gasteiger partial charge on any atom is 0.0483 e. The van der Waals surface area contributed by atoms with E-state index in [0.717, 1.165) is 13.0 Å². The van der Waals surface area contributed by atoms with Gasteiger partial charge in [0.15, 0.2) is 0 Å². The highest BCUT2D eigenvalue weighted by Gasteiger charge is 2.12. The summed E-state index contributed by atoms with van der Waals surface area (Å²) in [7, 11) is 0. The van der Waals surface area contributed by atoms with Crippen LogP contribution in [0.25, 0.3) is 21.7 Å². The fourth-order valence-corrected chi connectivity index (χ4v) is 4.01. The van der Waals surface area contributed by atoms with Crippen LogP contribution in [0.15, 0.2) is 67.1 Å². The van der Waals surface area contributed by atoms with Gasteiger partial charge < -0.3 is 4.57 Å². The largest absolute Gasteiger partial charge is 0.347 e. The molecule has 0 saturated carbocycles. The Morgan fingerprint density at radius 2 is 1.69 bits per heavy atom. The highest BCUT2D eigenvalue weighted by Crippen LogP contribution is 2.30. The summed E-state index contributed by atoms with van der Waals surface area (Å²) in [6, 6.07) is 17.7. The highest BCUT2D eigenvalue weighted by atomic mass is 14.9. The lowest BCUT2D eigenvalue weighted by atomic mass is 9.93. The van der Waals surface area contributed by atoms with Crippen LogP contribution >= 0.6 is 0 Å². The van der Waals surface area contributed by atoms with Gasteiger partial charge in [0, 0.05) is 41.4 Å². The van der Waals surface area contributed by atoms with Crippen LogP contribution in [0.1, 0.15) is 50.2 Å². The van der Waals surface area contributed by atoms with Crippen LogP contribution in [-0.2, 0) is 6.54 Å². The molecule has 2 heteroatoms. The second-order valence-corrected chi connectivity index (χ2v) is 7.58. The number of nitrogens with zero attached hydrogens (tertiary/aromatic N) is 2. The predicted molar refractivity (Wildman–Crippen MR) is 111 cm³/mol. The van der Waals surface area contributed by atoms with Crippen molar-refractivity contribution in [2.75, 3.05) is 0 Å². The molecule has 4 rings (SSSR count). The second-order valence-electron chi connectivity index (χ2n) is 7.58. The van der Waals surface area contributed by atoms with Gasteiger partial charge in [-0.25, -0.2) is 0 Å². The molecule has 0 fully saturated rings. The number of aryl methyl sites for hydroxylation is 1. The fourth-order valence-electron chi connectivity index (χ4n) is 4.01. The standard InChI is InChI=1S/C24H26N2/c1-17(2)20-7-5-9-24-23(20)12-15-26(24)14-11-18(3)21-8-4-6-19-16-25-13-10-22(19)21/h4-10,12-13,15-18H,11,14H2,1-3H3. The van der Waals surface area contributed by atoms with Gasteiger partial charge >= 0.3 is 0 Å². The second kappa shape index (κ2) is 6.95. The lowest BCUT2D eigenvalue weighted by Gasteiger charge is -2.16. The van der Waals surface area contributed by atoms with Crippen molar-refractivity contribution >= 4 is 21.7 Å². The molecule has 1 atom stereocenters. The first kappa shape index (κ1) is 16.8. The topological polar surface area (TPSA) is 17.8 Å². The summed E-state index contributed by atoms with van der Waals surface area (Å²) >= 11 is 0. The van der Waals surface area contributed by atoms with E-state index in [1.807, 2.05) is 12.4 Å². The zero-order valence-corrected chi connectivity index (χ0v) is 15.8. The molecule has 0 aliphatic heterocycles. The van der Waals surface area contributed by atoms with Crippen molar-refractivity contribution in [3.63, 3.8) is 0 Å². The molecule has 0 aliphatic rings. The van der Waals surface area contributed by atoms with E-state index in [2.05, 4.69) is 85.1 Å². The van der Waals surface area contributed by atoms with E-state index in [0.29, 0.717) is 11.8 Å². The summed E-state index contributed by atoms with van der Waals surface area (Å²) in [4.78, 5) is 4.25. The Morgan fingerprint density at radius 1 is 0.885 bits per heavy atom. The third-order valence-corrected chi connectivity index (χ3v) is 5.52. The first-order valence-corrected chi connectivity index (χ1v) is 9.55. The van der Waals surface area contributed by atoms with E-state index in [-0.39, 0.29) is 0 Å². The number of fused-ring (bicyclic) bond motifs is 2. The Bertz CT molecular complexity index is 1040. The molecule has 0 amide bonds. The van der Waals surface area contributed by atoms with Crippen molar-refractivity contribution < 1.29 is 0 Å². The zero-order chi connectivity index (χ0) is 18.1. The van der Waals surface area contributed by atoms with E-state index >= 15 is 0 Å². The molecule has 132 valence electrons. The molecule has 2 aromatic heterocycles. The zero-order valence-electron chi connectivity index (χ0n) is 15.8. The van der Waals surface area contributed by atoms with Gasteiger partial charge in [-0.15, -0.1) is 0 Å². The minimum Gasteiger partial charge on any atom is -0.347 e. The first-order valence-electron chi connectivity index (χ1n) is 9.55. The van der Waals surface area contributed by atoms with Crippen molar-refractivity contribution in [1.82, 2.24) is 9.55 Å². The molecule has 2 aromatic carbocycles. The van der Waals surface area contributed by atoms with Gasteiger partial charge in [-0.05, 0) is 53.0 Å². The molecule has 0 radical (unpaired) electrons. The van der Waals surface area contributed by atoms with Gasteiger partial charge in [-0.3, -0.25) is 4.98 Å². The van der Waals surface area contributed by atoms with Crippen LogP contribution in [-0.4, -0.2) is 9.55 Å². The van der Waals surface area contributed by atoms with Crippen molar-refractivity contribution in [2.45, 2.75) is 45.6 Å². The van der Waals surface area contributed by atoms with Gasteiger partial charge in [0.2, 0.25) is 0 Å². The van der Waals surface area contributed by atoms with E-state index < -0.39 is 0 Å². The molecule has 4 aromatic rings. The van der Waals surface area contributed by atoms with Crippen LogP contribution in [0, 0.1) is 0 Å². The minimum atomic E-state index is 0.506. The van der Waals surface area contributed by atoms with Gasteiger partial charge in [-0.2, -0.15) is 0 Å². The number of hydrogen-bond acceptors (Lipinski definition) is 1. The quantitative estimate of drug-likeness (QED) is 0.404. The van der Waals surface area contributed by atoms with Crippen LogP contribution in [0.3, 0.4) is 0 Å². The number of pyridine rings is 1. The summed E-state index contributed by atoms with van der Waals surface area (Å²) in [5.41, 5.74) is 4.21. The normalized spacial score (nSPS) is 12.9. The third kappa shape index (κ3) is 3.01. The molecular formula is C24H26N2. The Balaban J connectivity index is 1.59. The predicted octanol–water partition coefficient (Wildman–Crippen LogP) is 6.51. The molecule has 2 heterocycles. The van der Waals surface area contributed by atoms with E-state index in [1.165, 1.54) is 32.8 Å². The van der Waals surface area contributed by atoms with Gasteiger partial charge in [0.25, 0.3) is 0 Å². The summed E-state index contributed by atoms with van der Waals surface area (Å²) < 4.78 is 2.41. The molecule has 26 heavy (non-hydrogen) atoms. The van der Waals surface area contributed by atoms with Gasteiger partial charge in [0.05, 0.1) is 0 Å². The van der Waals surface area contributed by atoms with E-state index in [1.54, 1.807) is 0 Å². The van der Waals surface area contributed by atoms with Crippen LogP contribution in [0.5, 0.6) is 0 Å². The number of aromatic nitrogens is 2. The van der Waals surface area contributed by atoms with Crippen LogP contribution in [0.4, 0.5) is 0 Å². The minimum absolute atomic E-state index is 0.506. The van der Waals surface area contributed by atoms with E-state index in [4.69, 9.17) is 0 Å². The summed E-state index contributed by atoms with van der Waals surface area (Å²) in [5.74, 6) is 1.06. The van der Waals surface area contributed by atoms with Crippen LogP contribution < -0.4 is 0 Å². The summed E-state index contributed by atoms with van der Waals surface area (Å²) in [6.45, 7) is 7.90. The van der Waals surface area contributed by atoms with Crippen LogP contribution in [0.2, 0.25) is 0 Å². The third-order valence-electron chi connectivity index (χ3n) is 5.52. The monoisotopic (exact) mass is 342 g/mol. The first-order chi connectivity index (χ1) is 12.6. The lowest BCUT2D eigenvalue weighted by molar-refractivity contribution is 0.591. The highest BCUT2D eigenvalue weighted by molar-refractivity contribution is 5.85. The van der Waals surface area contributed by atoms with Gasteiger partial charge in [-0.1, -0.05) is 51.1 Å². The Morgan fingerprint density at radius 3 is 2.54 bits per heavy atom. The molecule has 0 spiro atoms. The molecular weight excluding hydrogens is 316 g/mol. The fraction of sp³-hybridized carbons (Fsp3) is 0.292. The summed E-state index contributed by atoms with van der Waals surface area (Å²) in [5, 5.41) is 3.95. The SMILES string of the molecule is CC(C)c1cccc2c1ccn2CCC(C)c1cccc2cnccc12. The van der Waals surface area contributed by atoms with Crippen molar-refractivity contribution in [1.29, 1.82) is 0 Å². The summed E-state index contributed by atoms with van der Waals surface area (Å²) in [6.07, 6.45) is 7.22. The molecule has 0 bridgehead atoms.